The largest absolute Gasteiger partial charge is 0.508 e. The van der Waals surface area contributed by atoms with Crippen LogP contribution in [-0.4, -0.2) is 11.7 Å². The second kappa shape index (κ2) is 4.19. The van der Waals surface area contributed by atoms with Crippen LogP contribution in [0.1, 0.15) is 42.0 Å². The molecule has 0 saturated heterocycles. The molecule has 0 aromatic heterocycles. The third kappa shape index (κ3) is 1.68. The summed E-state index contributed by atoms with van der Waals surface area (Å²) in [6.07, 6.45) is 6.26. The summed E-state index contributed by atoms with van der Waals surface area (Å²) in [6.45, 7) is 4.84. The summed E-state index contributed by atoms with van der Waals surface area (Å²) in [4.78, 5) is 0. The number of aromatic hydroxyl groups is 1. The van der Waals surface area contributed by atoms with E-state index in [-0.39, 0.29) is 6.04 Å². The van der Waals surface area contributed by atoms with Crippen LogP contribution in [0.5, 0.6) is 5.75 Å². The normalized spacial score (nSPS) is 22.8. The van der Waals surface area contributed by atoms with Gasteiger partial charge in [-0.15, -0.1) is 6.42 Å². The lowest BCUT2D eigenvalue weighted by Gasteiger charge is -2.14. The van der Waals surface area contributed by atoms with E-state index in [0.717, 1.165) is 12.0 Å². The Kier molecular flexibility index (Phi) is 2.89. The zero-order chi connectivity index (χ0) is 11.7. The first-order valence-electron chi connectivity index (χ1n) is 5.64. The van der Waals surface area contributed by atoms with Crippen LogP contribution in [0.15, 0.2) is 12.1 Å². The Bertz CT molecular complexity index is 445. The molecule has 1 aliphatic rings. The van der Waals surface area contributed by atoms with Gasteiger partial charge >= 0.3 is 0 Å². The molecule has 2 heteroatoms. The summed E-state index contributed by atoms with van der Waals surface area (Å²) in [6, 6.07) is 3.95. The molecule has 1 aliphatic carbocycles. The molecule has 0 heterocycles. The molecule has 1 aromatic rings. The predicted molar refractivity (Wildman–Crippen MR) is 65.5 cm³/mol. The fourth-order valence-corrected chi connectivity index (χ4v) is 2.71. The number of terminal acetylenes is 1. The average molecular weight is 215 g/mol. The molecular formula is C14H17NO. The Morgan fingerprint density at radius 2 is 2.25 bits per heavy atom. The van der Waals surface area contributed by atoms with E-state index >= 15 is 0 Å². The second-order valence-corrected chi connectivity index (χ2v) is 4.50. The molecule has 16 heavy (non-hydrogen) atoms. The monoisotopic (exact) mass is 215 g/mol. The highest BCUT2D eigenvalue weighted by Crippen LogP contribution is 2.45. The molecule has 2 nitrogen and oxygen atoms in total. The van der Waals surface area contributed by atoms with Crippen LogP contribution in [0.3, 0.4) is 0 Å². The van der Waals surface area contributed by atoms with Gasteiger partial charge in [-0.1, -0.05) is 18.9 Å². The quantitative estimate of drug-likeness (QED) is 0.743. The minimum Gasteiger partial charge on any atom is -0.508 e. The fourth-order valence-electron chi connectivity index (χ4n) is 2.71. The molecular weight excluding hydrogens is 198 g/mol. The SMILES string of the molecule is C#CCNC1CC(C)c2c(C)ccc(O)c21. The second-order valence-electron chi connectivity index (χ2n) is 4.50. The van der Waals surface area contributed by atoms with E-state index in [4.69, 9.17) is 6.42 Å². The summed E-state index contributed by atoms with van der Waals surface area (Å²) in [5.74, 6) is 3.45. The predicted octanol–water partition coefficient (Wildman–Crippen LogP) is 2.47. The number of hydrogen-bond donors (Lipinski definition) is 2. The van der Waals surface area contributed by atoms with Crippen LogP contribution in [0.4, 0.5) is 0 Å². The van der Waals surface area contributed by atoms with Crippen molar-refractivity contribution < 1.29 is 5.11 Å². The molecule has 0 fully saturated rings. The molecule has 0 aliphatic heterocycles. The van der Waals surface area contributed by atoms with Crippen LogP contribution in [-0.2, 0) is 0 Å². The Morgan fingerprint density at radius 3 is 2.94 bits per heavy atom. The summed E-state index contributed by atoms with van der Waals surface area (Å²) in [7, 11) is 0. The molecule has 2 rings (SSSR count). The van der Waals surface area contributed by atoms with Gasteiger partial charge in [0.1, 0.15) is 5.75 Å². The van der Waals surface area contributed by atoms with E-state index in [1.165, 1.54) is 11.1 Å². The van der Waals surface area contributed by atoms with Crippen LogP contribution in [0, 0.1) is 19.3 Å². The van der Waals surface area contributed by atoms with E-state index in [1.54, 1.807) is 6.07 Å². The topological polar surface area (TPSA) is 32.3 Å². The highest BCUT2D eigenvalue weighted by molar-refractivity contribution is 5.50. The van der Waals surface area contributed by atoms with Crippen molar-refractivity contribution in [2.45, 2.75) is 32.2 Å². The lowest BCUT2D eigenvalue weighted by molar-refractivity contribution is 0.452. The van der Waals surface area contributed by atoms with Gasteiger partial charge in [0.15, 0.2) is 0 Å². The first-order chi connectivity index (χ1) is 7.65. The maximum absolute atomic E-state index is 9.95. The first kappa shape index (κ1) is 11.0. The maximum Gasteiger partial charge on any atom is 0.120 e. The van der Waals surface area contributed by atoms with Crippen LogP contribution in [0.25, 0.3) is 0 Å². The van der Waals surface area contributed by atoms with E-state index < -0.39 is 0 Å². The van der Waals surface area contributed by atoms with Crippen molar-refractivity contribution in [3.05, 3.63) is 28.8 Å². The fraction of sp³-hybridized carbons (Fsp3) is 0.429. The number of rotatable bonds is 2. The molecule has 0 amide bonds. The number of aryl methyl sites for hydroxylation is 1. The van der Waals surface area contributed by atoms with Gasteiger partial charge in [-0.2, -0.15) is 0 Å². The average Bonchev–Trinajstić information content (AvgIpc) is 2.59. The van der Waals surface area contributed by atoms with Gasteiger partial charge in [-0.25, -0.2) is 0 Å². The van der Waals surface area contributed by atoms with Gasteiger partial charge in [0, 0.05) is 11.6 Å². The van der Waals surface area contributed by atoms with Crippen molar-refractivity contribution in [1.29, 1.82) is 0 Å². The standard InChI is InChI=1S/C14H17NO/c1-4-7-15-11-8-10(3)13-9(2)5-6-12(16)14(11)13/h1,5-6,10-11,15-16H,7-8H2,2-3H3. The Labute approximate surface area is 96.7 Å². The maximum atomic E-state index is 9.95. The summed E-state index contributed by atoms with van der Waals surface area (Å²) >= 11 is 0. The van der Waals surface area contributed by atoms with Crippen molar-refractivity contribution >= 4 is 0 Å². The van der Waals surface area contributed by atoms with Crippen molar-refractivity contribution in [2.75, 3.05) is 6.54 Å². The highest BCUT2D eigenvalue weighted by atomic mass is 16.3. The van der Waals surface area contributed by atoms with Gasteiger partial charge in [0.2, 0.25) is 0 Å². The van der Waals surface area contributed by atoms with Crippen molar-refractivity contribution in [3.63, 3.8) is 0 Å². The van der Waals surface area contributed by atoms with Gasteiger partial charge in [-0.05, 0) is 36.5 Å². The highest BCUT2D eigenvalue weighted by Gasteiger charge is 2.31. The Morgan fingerprint density at radius 1 is 1.50 bits per heavy atom. The van der Waals surface area contributed by atoms with Crippen molar-refractivity contribution in [1.82, 2.24) is 5.32 Å². The van der Waals surface area contributed by atoms with E-state index in [9.17, 15) is 5.11 Å². The molecule has 2 atom stereocenters. The number of phenolic OH excluding ortho intramolecular Hbond substituents is 1. The first-order valence-corrected chi connectivity index (χ1v) is 5.64. The number of hydrogen-bond acceptors (Lipinski definition) is 2. The van der Waals surface area contributed by atoms with E-state index in [2.05, 4.69) is 25.1 Å². The molecule has 0 saturated carbocycles. The van der Waals surface area contributed by atoms with Gasteiger partial charge in [0.25, 0.3) is 0 Å². The number of fused-ring (bicyclic) bond motifs is 1. The van der Waals surface area contributed by atoms with E-state index in [0.29, 0.717) is 18.2 Å². The minimum atomic E-state index is 0.195. The smallest absolute Gasteiger partial charge is 0.120 e. The van der Waals surface area contributed by atoms with Gasteiger partial charge in [-0.3, -0.25) is 5.32 Å². The van der Waals surface area contributed by atoms with Crippen LogP contribution < -0.4 is 5.32 Å². The number of nitrogens with one attached hydrogen (secondary N) is 1. The zero-order valence-electron chi connectivity index (χ0n) is 9.75. The van der Waals surface area contributed by atoms with Gasteiger partial charge < -0.3 is 5.11 Å². The van der Waals surface area contributed by atoms with Crippen molar-refractivity contribution in [2.24, 2.45) is 0 Å². The lowest BCUT2D eigenvalue weighted by atomic mass is 9.97. The molecule has 2 unspecified atom stereocenters. The number of phenols is 1. The molecule has 0 radical (unpaired) electrons. The van der Waals surface area contributed by atoms with Crippen LogP contribution in [0.2, 0.25) is 0 Å². The van der Waals surface area contributed by atoms with Crippen LogP contribution >= 0.6 is 0 Å². The Hall–Kier alpha value is -1.46. The zero-order valence-corrected chi connectivity index (χ0v) is 9.75. The van der Waals surface area contributed by atoms with Gasteiger partial charge in [0.05, 0.1) is 6.54 Å². The molecule has 2 N–H and O–H groups in total. The summed E-state index contributed by atoms with van der Waals surface area (Å²) in [5.41, 5.74) is 3.59. The third-order valence-electron chi connectivity index (χ3n) is 3.36. The molecule has 0 spiro atoms. The van der Waals surface area contributed by atoms with Crippen molar-refractivity contribution in [3.8, 4) is 18.1 Å². The lowest BCUT2D eigenvalue weighted by Crippen LogP contribution is -2.19. The molecule has 0 bridgehead atoms. The minimum absolute atomic E-state index is 0.195. The Balaban J connectivity index is 2.41. The number of benzene rings is 1. The molecule has 84 valence electrons. The molecule has 1 aromatic carbocycles. The third-order valence-corrected chi connectivity index (χ3v) is 3.36. The summed E-state index contributed by atoms with van der Waals surface area (Å²) < 4.78 is 0. The van der Waals surface area contributed by atoms with E-state index in [1.807, 2.05) is 6.07 Å². The summed E-state index contributed by atoms with van der Waals surface area (Å²) in [5, 5.41) is 13.2.